The van der Waals surface area contributed by atoms with E-state index in [4.69, 9.17) is 4.74 Å². The number of hydrogen-bond donors (Lipinski definition) is 1. The van der Waals surface area contributed by atoms with E-state index in [-0.39, 0.29) is 29.1 Å². The van der Waals surface area contributed by atoms with Crippen molar-refractivity contribution in [1.82, 2.24) is 10.2 Å². The number of benzene rings is 3. The third-order valence-electron chi connectivity index (χ3n) is 7.01. The zero-order valence-electron chi connectivity index (χ0n) is 24.0. The van der Waals surface area contributed by atoms with Crippen LogP contribution < -0.4 is 14.4 Å². The summed E-state index contributed by atoms with van der Waals surface area (Å²) in [5, 5.41) is 2.95. The molecule has 2 amide bonds. The lowest BCUT2D eigenvalue weighted by Gasteiger charge is -2.33. The molecule has 8 nitrogen and oxygen atoms in total. The number of carbonyl (C=O) groups is 2. The van der Waals surface area contributed by atoms with Gasteiger partial charge in [-0.1, -0.05) is 61.0 Å². The van der Waals surface area contributed by atoms with Crippen molar-refractivity contribution in [3.63, 3.8) is 0 Å². The number of amides is 2. The first kappa shape index (κ1) is 30.7. The van der Waals surface area contributed by atoms with Gasteiger partial charge in [0.25, 0.3) is 10.0 Å². The van der Waals surface area contributed by atoms with E-state index in [1.54, 1.807) is 43.3 Å². The summed E-state index contributed by atoms with van der Waals surface area (Å²) >= 11 is 0. The molecule has 3 rings (SSSR count). The Bertz CT molecular complexity index is 1420. The van der Waals surface area contributed by atoms with Crippen molar-refractivity contribution in [2.75, 3.05) is 18.0 Å². The van der Waals surface area contributed by atoms with Gasteiger partial charge in [0.2, 0.25) is 11.8 Å². The molecule has 214 valence electrons. The smallest absolute Gasteiger partial charge is 0.264 e. The van der Waals surface area contributed by atoms with Gasteiger partial charge in [0.1, 0.15) is 18.3 Å². The Hall–Kier alpha value is -3.85. The Labute approximate surface area is 238 Å². The van der Waals surface area contributed by atoms with Gasteiger partial charge in [-0.3, -0.25) is 13.9 Å². The van der Waals surface area contributed by atoms with Gasteiger partial charge in [-0.15, -0.1) is 0 Å². The highest BCUT2D eigenvalue weighted by atomic mass is 32.2. The van der Waals surface area contributed by atoms with E-state index in [1.165, 1.54) is 24.1 Å². The lowest BCUT2D eigenvalue weighted by atomic mass is 10.1. The molecule has 1 N–H and O–H groups in total. The fourth-order valence-corrected chi connectivity index (χ4v) is 5.63. The summed E-state index contributed by atoms with van der Waals surface area (Å²) in [6.45, 7) is 8.95. The predicted octanol–water partition coefficient (Wildman–Crippen LogP) is 4.84. The summed E-state index contributed by atoms with van der Waals surface area (Å²) in [5.41, 5.74) is 2.96. The van der Waals surface area contributed by atoms with Crippen LogP contribution in [-0.2, 0) is 26.2 Å². The number of hydrogen-bond acceptors (Lipinski definition) is 5. The topological polar surface area (TPSA) is 96.0 Å². The maximum absolute atomic E-state index is 14.1. The molecule has 0 heterocycles. The first-order valence-corrected chi connectivity index (χ1v) is 14.8. The van der Waals surface area contributed by atoms with Crippen molar-refractivity contribution in [2.24, 2.45) is 0 Å². The van der Waals surface area contributed by atoms with E-state index in [9.17, 15) is 18.0 Å². The molecule has 0 radical (unpaired) electrons. The highest BCUT2D eigenvalue weighted by molar-refractivity contribution is 7.92. The van der Waals surface area contributed by atoms with Crippen LogP contribution in [0.4, 0.5) is 5.69 Å². The average Bonchev–Trinajstić information content (AvgIpc) is 2.95. The number of rotatable bonds is 12. The molecule has 0 fully saturated rings. The normalized spacial score (nSPS) is 12.8. The fraction of sp³-hybridized carbons (Fsp3) is 0.355. The van der Waals surface area contributed by atoms with Crippen LogP contribution in [-0.4, -0.2) is 50.9 Å². The van der Waals surface area contributed by atoms with Crippen LogP contribution in [0.5, 0.6) is 5.75 Å². The number of sulfonamides is 1. The van der Waals surface area contributed by atoms with Crippen molar-refractivity contribution in [3.05, 3.63) is 89.5 Å². The Morgan fingerprint density at radius 1 is 0.925 bits per heavy atom. The second kappa shape index (κ2) is 13.5. The number of nitrogens with zero attached hydrogens (tertiary/aromatic N) is 2. The van der Waals surface area contributed by atoms with Crippen LogP contribution in [0.3, 0.4) is 0 Å². The van der Waals surface area contributed by atoms with E-state index in [0.29, 0.717) is 5.75 Å². The van der Waals surface area contributed by atoms with E-state index >= 15 is 0 Å². The van der Waals surface area contributed by atoms with E-state index in [1.807, 2.05) is 52.0 Å². The van der Waals surface area contributed by atoms with Gasteiger partial charge in [-0.2, -0.15) is 0 Å². The zero-order valence-corrected chi connectivity index (χ0v) is 24.9. The maximum atomic E-state index is 14.1. The molecule has 0 saturated heterocycles. The molecular formula is C31H39N3O5S. The van der Waals surface area contributed by atoms with Crippen LogP contribution >= 0.6 is 0 Å². The van der Waals surface area contributed by atoms with Crippen molar-refractivity contribution >= 4 is 27.5 Å². The lowest BCUT2D eigenvalue weighted by molar-refractivity contribution is -0.139. The molecule has 0 unspecified atom stereocenters. The van der Waals surface area contributed by atoms with Gasteiger partial charge in [-0.25, -0.2) is 8.42 Å². The van der Waals surface area contributed by atoms with E-state index in [0.717, 1.165) is 27.4 Å². The van der Waals surface area contributed by atoms with Gasteiger partial charge in [0.05, 0.1) is 17.7 Å². The van der Waals surface area contributed by atoms with E-state index < -0.39 is 28.5 Å². The molecule has 0 aromatic heterocycles. The van der Waals surface area contributed by atoms with Crippen molar-refractivity contribution in [3.8, 4) is 5.75 Å². The Balaban J connectivity index is 2.07. The van der Waals surface area contributed by atoms with Gasteiger partial charge in [0.15, 0.2) is 0 Å². The molecule has 0 aliphatic heterocycles. The summed E-state index contributed by atoms with van der Waals surface area (Å²) in [7, 11) is -2.73. The summed E-state index contributed by atoms with van der Waals surface area (Å²) in [6, 6.07) is 19.8. The molecule has 3 aromatic rings. The van der Waals surface area contributed by atoms with Crippen LogP contribution in [0.15, 0.2) is 77.7 Å². The Kier molecular flexibility index (Phi) is 10.3. The van der Waals surface area contributed by atoms with Gasteiger partial charge in [-0.05, 0) is 69.5 Å². The second-order valence-electron chi connectivity index (χ2n) is 9.94. The number of aryl methyl sites for hydroxylation is 2. The van der Waals surface area contributed by atoms with Gasteiger partial charge in [0, 0.05) is 12.6 Å². The third kappa shape index (κ3) is 7.21. The molecule has 0 aliphatic carbocycles. The SMILES string of the molecule is CC[C@H](C)NC(=O)[C@H](C)N(Cc1ccccc1C)C(=O)CN(c1ccccc1OC)S(=O)(=O)c1ccc(C)cc1. The number of carbonyl (C=O) groups excluding carboxylic acids is 2. The van der Waals surface area contributed by atoms with Crippen LogP contribution in [0.1, 0.15) is 43.9 Å². The quantitative estimate of drug-likeness (QED) is 0.339. The summed E-state index contributed by atoms with van der Waals surface area (Å²) in [4.78, 5) is 28.7. The minimum Gasteiger partial charge on any atom is -0.495 e. The minimum atomic E-state index is -4.18. The monoisotopic (exact) mass is 565 g/mol. The maximum Gasteiger partial charge on any atom is 0.264 e. The first-order chi connectivity index (χ1) is 19.0. The molecule has 3 aromatic carbocycles. The number of ether oxygens (including phenoxy) is 1. The molecule has 0 bridgehead atoms. The average molecular weight is 566 g/mol. The van der Waals surface area contributed by atoms with Gasteiger partial charge < -0.3 is 15.0 Å². The Morgan fingerprint density at radius 3 is 2.17 bits per heavy atom. The molecule has 0 spiro atoms. The standard InChI is InChI=1S/C31H39N3O5S/c1-7-24(4)32-31(36)25(5)33(20-26-13-9-8-12-23(26)3)30(35)21-34(28-14-10-11-15-29(28)39-6)40(37,38)27-18-16-22(2)17-19-27/h8-19,24-25H,7,20-21H2,1-6H3,(H,32,36)/t24-,25-/m0/s1. The summed E-state index contributed by atoms with van der Waals surface area (Å²) < 4.78 is 34.5. The van der Waals surface area contributed by atoms with Crippen molar-refractivity contribution in [1.29, 1.82) is 0 Å². The summed E-state index contributed by atoms with van der Waals surface area (Å²) in [5.74, 6) is -0.517. The van der Waals surface area contributed by atoms with Crippen LogP contribution in [0.25, 0.3) is 0 Å². The highest BCUT2D eigenvalue weighted by Gasteiger charge is 2.34. The number of nitrogens with one attached hydrogen (secondary N) is 1. The Morgan fingerprint density at radius 2 is 1.55 bits per heavy atom. The zero-order chi connectivity index (χ0) is 29.4. The molecule has 40 heavy (non-hydrogen) atoms. The molecule has 2 atom stereocenters. The van der Waals surface area contributed by atoms with Gasteiger partial charge >= 0.3 is 0 Å². The minimum absolute atomic E-state index is 0.0461. The highest BCUT2D eigenvalue weighted by Crippen LogP contribution is 2.32. The molecule has 9 heteroatoms. The number of methoxy groups -OCH3 is 1. The predicted molar refractivity (Wildman–Crippen MR) is 158 cm³/mol. The van der Waals surface area contributed by atoms with Crippen molar-refractivity contribution < 1.29 is 22.7 Å². The number of para-hydroxylation sites is 2. The largest absolute Gasteiger partial charge is 0.495 e. The summed E-state index contributed by atoms with van der Waals surface area (Å²) in [6.07, 6.45) is 0.737. The van der Waals surface area contributed by atoms with E-state index in [2.05, 4.69) is 5.32 Å². The van der Waals surface area contributed by atoms with Crippen molar-refractivity contribution in [2.45, 2.75) is 64.6 Å². The molecule has 0 aliphatic rings. The molecule has 0 saturated carbocycles. The first-order valence-electron chi connectivity index (χ1n) is 13.4. The second-order valence-corrected chi connectivity index (χ2v) is 11.8. The fourth-order valence-electron chi connectivity index (χ4n) is 4.21. The molecular weight excluding hydrogens is 526 g/mol. The third-order valence-corrected chi connectivity index (χ3v) is 8.79. The number of anilines is 1. The van der Waals surface area contributed by atoms with Crippen LogP contribution in [0, 0.1) is 13.8 Å². The van der Waals surface area contributed by atoms with Crippen LogP contribution in [0.2, 0.25) is 0 Å². The lowest BCUT2D eigenvalue weighted by Crippen LogP contribution is -2.52.